The highest BCUT2D eigenvalue weighted by Crippen LogP contribution is 2.42. The first-order chi connectivity index (χ1) is 8.95. The van der Waals surface area contributed by atoms with Gasteiger partial charge in [-0.25, -0.2) is 0 Å². The minimum atomic E-state index is -0.208. The third-order valence-corrected chi connectivity index (χ3v) is 3.71. The van der Waals surface area contributed by atoms with Crippen LogP contribution in [0.25, 0.3) is 11.1 Å². The van der Waals surface area contributed by atoms with Crippen molar-refractivity contribution in [3.8, 4) is 22.6 Å². The fraction of sp³-hybridized carbons (Fsp3) is 0.0769. The molecule has 0 aliphatic rings. The van der Waals surface area contributed by atoms with Crippen molar-refractivity contribution in [2.45, 2.75) is 0 Å². The van der Waals surface area contributed by atoms with Crippen LogP contribution in [0, 0.1) is 6.07 Å². The lowest BCUT2D eigenvalue weighted by Gasteiger charge is -2.11. The number of hydrogen-bond donors (Lipinski definition) is 1. The molecule has 0 amide bonds. The van der Waals surface area contributed by atoms with Crippen LogP contribution in [0.2, 0.25) is 20.1 Å². The van der Waals surface area contributed by atoms with Crippen LogP contribution in [0.1, 0.15) is 0 Å². The molecule has 0 fully saturated rings. The van der Waals surface area contributed by atoms with Gasteiger partial charge in [0.1, 0.15) is 0 Å². The number of halogens is 4. The van der Waals surface area contributed by atoms with Crippen LogP contribution in [-0.2, 0) is 0 Å². The van der Waals surface area contributed by atoms with Crippen LogP contribution in [0.15, 0.2) is 18.2 Å². The molecule has 2 aromatic rings. The lowest BCUT2D eigenvalue weighted by atomic mass is 10.0. The Balaban J connectivity index is 2.64. The van der Waals surface area contributed by atoms with Gasteiger partial charge in [0.25, 0.3) is 0 Å². The third kappa shape index (κ3) is 2.72. The third-order valence-electron chi connectivity index (χ3n) is 2.49. The SMILES string of the molecule is COc1c(Cl)cc(-c2[c]cc(Cl)c(O)c2Cl)cc1Cl. The van der Waals surface area contributed by atoms with E-state index in [9.17, 15) is 5.11 Å². The highest BCUT2D eigenvalue weighted by molar-refractivity contribution is 6.40. The van der Waals surface area contributed by atoms with Gasteiger partial charge in [-0.2, -0.15) is 0 Å². The fourth-order valence-corrected chi connectivity index (χ4v) is 2.70. The second kappa shape index (κ2) is 5.68. The highest BCUT2D eigenvalue weighted by atomic mass is 35.5. The summed E-state index contributed by atoms with van der Waals surface area (Å²) in [5.41, 5.74) is 1.06. The van der Waals surface area contributed by atoms with Crippen molar-refractivity contribution in [3.05, 3.63) is 44.4 Å². The zero-order valence-corrected chi connectivity index (χ0v) is 12.6. The largest absolute Gasteiger partial charge is 0.505 e. The summed E-state index contributed by atoms with van der Waals surface area (Å²) in [6, 6.07) is 7.54. The van der Waals surface area contributed by atoms with E-state index in [-0.39, 0.29) is 15.8 Å². The van der Waals surface area contributed by atoms with Crippen molar-refractivity contribution in [3.63, 3.8) is 0 Å². The summed E-state index contributed by atoms with van der Waals surface area (Å²) in [5.74, 6) is 0.168. The number of methoxy groups -OCH3 is 1. The lowest BCUT2D eigenvalue weighted by molar-refractivity contribution is 0.415. The van der Waals surface area contributed by atoms with Gasteiger partial charge in [0, 0.05) is 5.56 Å². The second-order valence-corrected chi connectivity index (χ2v) is 5.25. The van der Waals surface area contributed by atoms with Gasteiger partial charge in [0.15, 0.2) is 11.5 Å². The first kappa shape index (κ1) is 14.6. The summed E-state index contributed by atoms with van der Waals surface area (Å²) < 4.78 is 5.06. The number of aromatic hydroxyl groups is 1. The Morgan fingerprint density at radius 3 is 2.16 bits per heavy atom. The molecule has 19 heavy (non-hydrogen) atoms. The molecule has 0 bridgehead atoms. The molecule has 0 unspecified atom stereocenters. The topological polar surface area (TPSA) is 29.5 Å². The van der Waals surface area contributed by atoms with Crippen molar-refractivity contribution in [2.24, 2.45) is 0 Å². The molecule has 0 aliphatic heterocycles. The molecule has 0 saturated carbocycles. The molecule has 1 N–H and O–H groups in total. The Hall–Kier alpha value is -0.800. The highest BCUT2D eigenvalue weighted by Gasteiger charge is 2.15. The summed E-state index contributed by atoms with van der Waals surface area (Å²) in [7, 11) is 1.47. The first-order valence-corrected chi connectivity index (χ1v) is 6.59. The maximum Gasteiger partial charge on any atom is 0.156 e. The maximum atomic E-state index is 9.71. The minimum Gasteiger partial charge on any atom is -0.505 e. The van der Waals surface area contributed by atoms with Gasteiger partial charge in [-0.3, -0.25) is 0 Å². The van der Waals surface area contributed by atoms with Gasteiger partial charge in [0.05, 0.1) is 27.2 Å². The van der Waals surface area contributed by atoms with Gasteiger partial charge in [-0.15, -0.1) is 0 Å². The molecule has 0 aromatic heterocycles. The van der Waals surface area contributed by atoms with E-state index >= 15 is 0 Å². The molecular formula is C13H7Cl4O2. The van der Waals surface area contributed by atoms with Gasteiger partial charge in [-0.05, 0) is 29.8 Å². The second-order valence-electron chi connectivity index (χ2n) is 3.65. The summed E-state index contributed by atoms with van der Waals surface area (Å²) in [6.45, 7) is 0. The average Bonchev–Trinajstić information content (AvgIpc) is 2.35. The van der Waals surface area contributed by atoms with Crippen LogP contribution < -0.4 is 4.74 Å². The molecule has 2 nitrogen and oxygen atoms in total. The molecule has 2 rings (SSSR count). The standard InChI is InChI=1S/C13H7Cl4O2/c1-19-13-9(15)4-6(5-10(13)16)7-2-3-8(14)12(18)11(7)17/h3-5,18H,1H3. The van der Waals surface area contributed by atoms with E-state index in [1.54, 1.807) is 12.1 Å². The minimum absolute atomic E-state index is 0.0878. The summed E-state index contributed by atoms with van der Waals surface area (Å²) in [6.07, 6.45) is 0. The molecule has 2 aromatic carbocycles. The van der Waals surface area contributed by atoms with Crippen molar-refractivity contribution in [2.75, 3.05) is 7.11 Å². The zero-order valence-electron chi connectivity index (χ0n) is 9.60. The predicted molar refractivity (Wildman–Crippen MR) is 79.0 cm³/mol. The van der Waals surface area contributed by atoms with Crippen LogP contribution in [0.4, 0.5) is 0 Å². The lowest BCUT2D eigenvalue weighted by Crippen LogP contribution is -1.88. The van der Waals surface area contributed by atoms with Crippen LogP contribution in [-0.4, -0.2) is 12.2 Å². The van der Waals surface area contributed by atoms with E-state index in [1.807, 2.05) is 0 Å². The monoisotopic (exact) mass is 335 g/mol. The maximum absolute atomic E-state index is 9.71. The average molecular weight is 337 g/mol. The normalized spacial score (nSPS) is 10.6. The van der Waals surface area contributed by atoms with Gasteiger partial charge in [0.2, 0.25) is 0 Å². The van der Waals surface area contributed by atoms with Gasteiger partial charge in [-0.1, -0.05) is 46.4 Å². The number of phenols is 1. The first-order valence-electron chi connectivity index (χ1n) is 5.07. The summed E-state index contributed by atoms with van der Waals surface area (Å²) >= 11 is 23.9. The van der Waals surface area contributed by atoms with Crippen molar-refractivity contribution >= 4 is 46.4 Å². The summed E-state index contributed by atoms with van der Waals surface area (Å²) in [5, 5.41) is 10.6. The van der Waals surface area contributed by atoms with E-state index < -0.39 is 0 Å². The van der Waals surface area contributed by atoms with E-state index in [4.69, 9.17) is 51.1 Å². The van der Waals surface area contributed by atoms with E-state index in [2.05, 4.69) is 6.07 Å². The number of ether oxygens (including phenoxy) is 1. The van der Waals surface area contributed by atoms with Crippen molar-refractivity contribution in [1.29, 1.82) is 0 Å². The molecule has 1 radical (unpaired) electrons. The predicted octanol–water partition coefficient (Wildman–Crippen LogP) is 5.48. The zero-order chi connectivity index (χ0) is 14.2. The molecule has 0 heterocycles. The van der Waals surface area contributed by atoms with Crippen molar-refractivity contribution < 1.29 is 9.84 Å². The molecule has 0 atom stereocenters. The quantitative estimate of drug-likeness (QED) is 0.786. The van der Waals surface area contributed by atoms with Gasteiger partial charge < -0.3 is 9.84 Å². The van der Waals surface area contributed by atoms with Crippen LogP contribution >= 0.6 is 46.4 Å². The van der Waals surface area contributed by atoms with Crippen molar-refractivity contribution in [1.82, 2.24) is 0 Å². The Morgan fingerprint density at radius 2 is 1.63 bits per heavy atom. The Kier molecular flexibility index (Phi) is 4.36. The Bertz CT molecular complexity index is 618. The Morgan fingerprint density at radius 1 is 1.05 bits per heavy atom. The number of phenolic OH excluding ortho intramolecular Hbond substituents is 1. The molecule has 6 heteroatoms. The molecule has 0 aliphatic carbocycles. The van der Waals surface area contributed by atoms with Crippen LogP contribution in [0.3, 0.4) is 0 Å². The number of rotatable bonds is 2. The molecule has 0 spiro atoms. The van der Waals surface area contributed by atoms with E-state index in [0.29, 0.717) is 26.9 Å². The number of benzene rings is 2. The fourth-order valence-electron chi connectivity index (χ4n) is 1.60. The van der Waals surface area contributed by atoms with E-state index in [1.165, 1.54) is 13.2 Å². The molecule has 0 saturated heterocycles. The smallest absolute Gasteiger partial charge is 0.156 e. The molecular weight excluding hydrogens is 330 g/mol. The Labute approximate surface area is 130 Å². The summed E-state index contributed by atoms with van der Waals surface area (Å²) in [4.78, 5) is 0. The van der Waals surface area contributed by atoms with Crippen LogP contribution in [0.5, 0.6) is 11.5 Å². The van der Waals surface area contributed by atoms with Gasteiger partial charge >= 0.3 is 0 Å². The number of hydrogen-bond acceptors (Lipinski definition) is 2. The van der Waals surface area contributed by atoms with E-state index in [0.717, 1.165) is 0 Å². The molecule has 99 valence electrons.